The highest BCUT2D eigenvalue weighted by Crippen LogP contribution is 2.39. The van der Waals surface area contributed by atoms with Crippen LogP contribution in [-0.2, 0) is 0 Å². The first kappa shape index (κ1) is 7.79. The Morgan fingerprint density at radius 1 is 1.17 bits per heavy atom. The predicted molar refractivity (Wildman–Crippen MR) is 50.5 cm³/mol. The van der Waals surface area contributed by atoms with Gasteiger partial charge in [-0.05, 0) is 28.8 Å². The summed E-state index contributed by atoms with van der Waals surface area (Å²) in [5, 5.41) is 0. The van der Waals surface area contributed by atoms with E-state index >= 15 is 0 Å². The van der Waals surface area contributed by atoms with Gasteiger partial charge in [-0.3, -0.25) is 0 Å². The van der Waals surface area contributed by atoms with E-state index in [1.54, 1.807) is 0 Å². The van der Waals surface area contributed by atoms with E-state index in [1.807, 2.05) is 0 Å². The fourth-order valence-corrected chi connectivity index (χ4v) is 1.20. The van der Waals surface area contributed by atoms with E-state index < -0.39 is 0 Å². The van der Waals surface area contributed by atoms with E-state index in [-0.39, 0.29) is 0 Å². The molecule has 4 N–H and O–H groups in total. The summed E-state index contributed by atoms with van der Waals surface area (Å²) in [6, 6.07) is 0. The third kappa shape index (κ3) is 1.24. The molecule has 0 saturated heterocycles. The molecule has 64 valence electrons. The molecule has 0 radical (unpaired) electrons. The van der Waals surface area contributed by atoms with Crippen LogP contribution in [0.1, 0.15) is 24.6 Å². The van der Waals surface area contributed by atoms with E-state index in [4.69, 9.17) is 11.5 Å². The number of nitrogens with zero attached hydrogens (tertiary/aromatic N) is 2. The van der Waals surface area contributed by atoms with Crippen LogP contribution in [0.3, 0.4) is 0 Å². The highest BCUT2D eigenvalue weighted by atomic mass is 79.9. The van der Waals surface area contributed by atoms with Gasteiger partial charge in [-0.25, -0.2) is 9.97 Å². The molecule has 0 bridgehead atoms. The molecule has 0 aromatic carbocycles. The van der Waals surface area contributed by atoms with E-state index in [0.717, 1.165) is 18.7 Å². The van der Waals surface area contributed by atoms with Gasteiger partial charge in [0.1, 0.15) is 21.9 Å². The zero-order valence-corrected chi connectivity index (χ0v) is 8.00. The van der Waals surface area contributed by atoms with Crippen LogP contribution in [0.5, 0.6) is 0 Å². The Morgan fingerprint density at radius 3 is 2.08 bits per heavy atom. The van der Waals surface area contributed by atoms with Gasteiger partial charge in [-0.1, -0.05) is 0 Å². The number of nitrogens with two attached hydrogens (primary N) is 2. The fourth-order valence-electron chi connectivity index (χ4n) is 1.03. The smallest absolute Gasteiger partial charge is 0.143 e. The molecule has 0 unspecified atom stereocenters. The van der Waals surface area contributed by atoms with Crippen molar-refractivity contribution in [3.63, 3.8) is 0 Å². The normalized spacial score (nSPS) is 16.4. The lowest BCUT2D eigenvalue weighted by atomic mass is 10.4. The summed E-state index contributed by atoms with van der Waals surface area (Å²) in [6.07, 6.45) is 2.31. The standard InChI is InChI=1S/C7H9BrN4/c8-4-5(9)11-7(3-1-2-3)12-6(4)10/h3H,1-2H2,(H4,9,10,11,12). The lowest BCUT2D eigenvalue weighted by Crippen LogP contribution is -2.03. The van der Waals surface area contributed by atoms with Crippen LogP contribution in [0.2, 0.25) is 0 Å². The summed E-state index contributed by atoms with van der Waals surface area (Å²) in [5.74, 6) is 2.14. The van der Waals surface area contributed by atoms with Crippen LogP contribution in [0, 0.1) is 0 Å². The minimum atomic E-state index is 0.435. The number of nitrogen functional groups attached to an aromatic ring is 2. The number of anilines is 2. The maximum atomic E-state index is 5.61. The number of rotatable bonds is 1. The van der Waals surface area contributed by atoms with Gasteiger partial charge >= 0.3 is 0 Å². The van der Waals surface area contributed by atoms with Gasteiger partial charge in [-0.2, -0.15) is 0 Å². The molecule has 0 spiro atoms. The Bertz CT molecular complexity index is 298. The molecule has 0 aliphatic heterocycles. The molecule has 1 heterocycles. The van der Waals surface area contributed by atoms with Crippen molar-refractivity contribution in [1.82, 2.24) is 9.97 Å². The van der Waals surface area contributed by atoms with E-state index in [1.165, 1.54) is 0 Å². The van der Waals surface area contributed by atoms with Gasteiger partial charge in [-0.15, -0.1) is 0 Å². The van der Waals surface area contributed by atoms with Crippen LogP contribution < -0.4 is 11.5 Å². The molecule has 0 atom stereocenters. The van der Waals surface area contributed by atoms with Crippen molar-refractivity contribution >= 4 is 27.6 Å². The molecular formula is C7H9BrN4. The Balaban J connectivity index is 2.45. The van der Waals surface area contributed by atoms with E-state index in [9.17, 15) is 0 Å². The van der Waals surface area contributed by atoms with Crippen molar-refractivity contribution in [3.05, 3.63) is 10.3 Å². The molecule has 2 rings (SSSR count). The highest BCUT2D eigenvalue weighted by Gasteiger charge is 2.27. The van der Waals surface area contributed by atoms with Crippen molar-refractivity contribution < 1.29 is 0 Å². The van der Waals surface area contributed by atoms with Crippen molar-refractivity contribution in [2.24, 2.45) is 0 Å². The largest absolute Gasteiger partial charge is 0.383 e. The molecule has 0 amide bonds. The topological polar surface area (TPSA) is 77.8 Å². The van der Waals surface area contributed by atoms with Crippen LogP contribution in [0.4, 0.5) is 11.6 Å². The Kier molecular flexibility index (Phi) is 1.68. The zero-order valence-electron chi connectivity index (χ0n) is 6.42. The van der Waals surface area contributed by atoms with Gasteiger partial charge < -0.3 is 11.5 Å². The lowest BCUT2D eigenvalue weighted by molar-refractivity contribution is 0.934. The molecule has 1 saturated carbocycles. The first-order chi connectivity index (χ1) is 5.68. The maximum Gasteiger partial charge on any atom is 0.143 e. The Morgan fingerprint density at radius 2 is 1.67 bits per heavy atom. The van der Waals surface area contributed by atoms with Crippen LogP contribution in [0.15, 0.2) is 4.47 Å². The summed E-state index contributed by atoms with van der Waals surface area (Å²) < 4.78 is 0.604. The average molecular weight is 229 g/mol. The second kappa shape index (κ2) is 2.58. The summed E-state index contributed by atoms with van der Waals surface area (Å²) in [7, 11) is 0. The van der Waals surface area contributed by atoms with Gasteiger partial charge in [0, 0.05) is 5.92 Å². The molecule has 1 aliphatic rings. The molecular weight excluding hydrogens is 220 g/mol. The monoisotopic (exact) mass is 228 g/mol. The summed E-state index contributed by atoms with van der Waals surface area (Å²) in [6.45, 7) is 0. The summed E-state index contributed by atoms with van der Waals surface area (Å²) in [5.41, 5.74) is 11.2. The van der Waals surface area contributed by atoms with Crippen LogP contribution in [0.25, 0.3) is 0 Å². The highest BCUT2D eigenvalue weighted by molar-refractivity contribution is 9.10. The first-order valence-electron chi connectivity index (χ1n) is 3.77. The number of aromatic nitrogens is 2. The van der Waals surface area contributed by atoms with Crippen molar-refractivity contribution in [2.75, 3.05) is 11.5 Å². The van der Waals surface area contributed by atoms with E-state index in [0.29, 0.717) is 22.0 Å². The zero-order chi connectivity index (χ0) is 8.72. The Labute approximate surface area is 78.5 Å². The number of halogens is 1. The predicted octanol–water partition coefficient (Wildman–Crippen LogP) is 1.28. The van der Waals surface area contributed by atoms with E-state index in [2.05, 4.69) is 25.9 Å². The van der Waals surface area contributed by atoms with Crippen molar-refractivity contribution in [3.8, 4) is 0 Å². The number of hydrogen-bond acceptors (Lipinski definition) is 4. The lowest BCUT2D eigenvalue weighted by Gasteiger charge is -2.03. The quantitative estimate of drug-likeness (QED) is 0.760. The average Bonchev–Trinajstić information content (AvgIpc) is 2.81. The van der Waals surface area contributed by atoms with Gasteiger partial charge in [0.05, 0.1) is 0 Å². The Hall–Kier alpha value is -0.840. The van der Waals surface area contributed by atoms with Crippen LogP contribution in [-0.4, -0.2) is 9.97 Å². The molecule has 1 aromatic rings. The second-order valence-corrected chi connectivity index (χ2v) is 3.73. The number of hydrogen-bond donors (Lipinski definition) is 2. The molecule has 4 nitrogen and oxygen atoms in total. The van der Waals surface area contributed by atoms with Gasteiger partial charge in [0.2, 0.25) is 0 Å². The SMILES string of the molecule is Nc1nc(C2CC2)nc(N)c1Br. The minimum Gasteiger partial charge on any atom is -0.383 e. The second-order valence-electron chi connectivity index (χ2n) is 2.94. The molecule has 12 heavy (non-hydrogen) atoms. The molecule has 5 heteroatoms. The summed E-state index contributed by atoms with van der Waals surface area (Å²) in [4.78, 5) is 8.27. The first-order valence-corrected chi connectivity index (χ1v) is 4.56. The maximum absolute atomic E-state index is 5.61. The van der Waals surface area contributed by atoms with Gasteiger partial charge in [0.25, 0.3) is 0 Å². The van der Waals surface area contributed by atoms with Crippen molar-refractivity contribution in [1.29, 1.82) is 0 Å². The summed E-state index contributed by atoms with van der Waals surface area (Å²) >= 11 is 3.21. The molecule has 1 aromatic heterocycles. The van der Waals surface area contributed by atoms with Crippen LogP contribution >= 0.6 is 15.9 Å². The minimum absolute atomic E-state index is 0.435. The molecule has 1 fully saturated rings. The molecule has 1 aliphatic carbocycles. The van der Waals surface area contributed by atoms with Gasteiger partial charge in [0.15, 0.2) is 0 Å². The fraction of sp³-hybridized carbons (Fsp3) is 0.429. The third-order valence-electron chi connectivity index (χ3n) is 1.86. The third-order valence-corrected chi connectivity index (χ3v) is 2.67. The van der Waals surface area contributed by atoms with Crippen molar-refractivity contribution in [2.45, 2.75) is 18.8 Å².